The number of aromatic amines is 1. The third kappa shape index (κ3) is 2.68. The molecule has 1 aromatic heterocycles. The Morgan fingerprint density at radius 2 is 2.05 bits per heavy atom. The van der Waals surface area contributed by atoms with Crippen molar-refractivity contribution in [2.75, 3.05) is 6.54 Å². The van der Waals surface area contributed by atoms with Crippen molar-refractivity contribution in [2.24, 2.45) is 5.73 Å². The van der Waals surface area contributed by atoms with Crippen LogP contribution >= 0.6 is 0 Å². The first-order chi connectivity index (χ1) is 9.13. The van der Waals surface area contributed by atoms with E-state index in [1.807, 2.05) is 0 Å². The molecule has 0 bridgehead atoms. The molecule has 0 atom stereocenters. The summed E-state index contributed by atoms with van der Waals surface area (Å²) in [4.78, 5) is 21.8. The number of nitrogens with two attached hydrogens (primary N) is 1. The van der Waals surface area contributed by atoms with Crippen molar-refractivity contribution in [2.45, 2.75) is 12.8 Å². The monoisotopic (exact) mass is 263 g/mol. The highest BCUT2D eigenvalue weighted by Crippen LogP contribution is 2.15. The molecule has 0 unspecified atom stereocenters. The van der Waals surface area contributed by atoms with Crippen molar-refractivity contribution in [3.63, 3.8) is 0 Å². The smallest absolute Gasteiger partial charge is 0.330 e. The van der Waals surface area contributed by atoms with E-state index >= 15 is 0 Å². The average molecular weight is 263 g/mol. The Morgan fingerprint density at radius 3 is 2.63 bits per heavy atom. The molecule has 8 nitrogen and oxygen atoms in total. The van der Waals surface area contributed by atoms with E-state index in [0.717, 1.165) is 0 Å². The minimum atomic E-state index is -0.489. The van der Waals surface area contributed by atoms with Gasteiger partial charge in [0, 0.05) is 18.6 Å². The van der Waals surface area contributed by atoms with Gasteiger partial charge in [-0.15, -0.1) is 0 Å². The summed E-state index contributed by atoms with van der Waals surface area (Å²) in [5.74, 6) is 0.560. The topological polar surface area (TPSA) is 120 Å². The lowest BCUT2D eigenvalue weighted by Crippen LogP contribution is -2.17. The second kappa shape index (κ2) is 5.44. The van der Waals surface area contributed by atoms with Gasteiger partial charge in [-0.2, -0.15) is 5.10 Å². The number of rotatable bonds is 5. The molecule has 0 fully saturated rings. The molecule has 1 aromatic carbocycles. The van der Waals surface area contributed by atoms with Crippen molar-refractivity contribution >= 4 is 5.69 Å². The van der Waals surface area contributed by atoms with Crippen LogP contribution in [0.5, 0.6) is 0 Å². The Morgan fingerprint density at radius 1 is 1.37 bits per heavy atom. The highest BCUT2D eigenvalue weighted by molar-refractivity contribution is 5.41. The number of hydrogen-bond acceptors (Lipinski definition) is 5. The van der Waals surface area contributed by atoms with Crippen LogP contribution in [0.1, 0.15) is 12.2 Å². The van der Waals surface area contributed by atoms with E-state index in [9.17, 15) is 14.9 Å². The third-order valence-electron chi connectivity index (χ3n) is 2.67. The number of nitro groups is 1. The lowest BCUT2D eigenvalue weighted by Gasteiger charge is -2.04. The zero-order valence-electron chi connectivity index (χ0n) is 10.1. The van der Waals surface area contributed by atoms with Crippen LogP contribution < -0.4 is 11.4 Å². The molecule has 8 heteroatoms. The fourth-order valence-corrected chi connectivity index (χ4v) is 1.75. The van der Waals surface area contributed by atoms with E-state index in [0.29, 0.717) is 30.9 Å². The molecule has 3 N–H and O–H groups in total. The predicted octanol–water partition coefficient (Wildman–Crippen LogP) is 0.360. The van der Waals surface area contributed by atoms with E-state index in [-0.39, 0.29) is 11.4 Å². The number of benzene rings is 1. The van der Waals surface area contributed by atoms with Crippen molar-refractivity contribution < 1.29 is 4.92 Å². The maximum atomic E-state index is 11.7. The second-order valence-corrected chi connectivity index (χ2v) is 3.95. The first-order valence-electron chi connectivity index (χ1n) is 5.74. The van der Waals surface area contributed by atoms with Gasteiger partial charge >= 0.3 is 5.69 Å². The molecule has 100 valence electrons. The molecule has 0 spiro atoms. The summed E-state index contributed by atoms with van der Waals surface area (Å²) in [6, 6.07) is 5.73. The number of nitro benzene ring substituents is 1. The van der Waals surface area contributed by atoms with Gasteiger partial charge in [0.2, 0.25) is 0 Å². The summed E-state index contributed by atoms with van der Waals surface area (Å²) in [6.45, 7) is 0.501. The zero-order valence-corrected chi connectivity index (χ0v) is 10.1. The molecule has 0 saturated heterocycles. The van der Waals surface area contributed by atoms with Gasteiger partial charge in [0.1, 0.15) is 5.82 Å². The summed E-state index contributed by atoms with van der Waals surface area (Å²) in [6.07, 6.45) is 1.27. The molecular formula is C11H13N5O3. The Hall–Kier alpha value is -2.48. The average Bonchev–Trinajstić information content (AvgIpc) is 2.77. The number of non-ortho nitro benzene ring substituents is 1. The maximum Gasteiger partial charge on any atom is 0.347 e. The highest BCUT2D eigenvalue weighted by Gasteiger charge is 2.11. The molecule has 0 aliphatic carbocycles. The number of aromatic nitrogens is 3. The SMILES string of the molecule is NCCCc1n[nH]c(=O)n1-c1ccc([N+](=O)[O-])cc1. The molecule has 19 heavy (non-hydrogen) atoms. The quantitative estimate of drug-likeness (QED) is 0.596. The molecule has 0 radical (unpaired) electrons. The van der Waals surface area contributed by atoms with Crippen LogP contribution in [-0.2, 0) is 6.42 Å². The first-order valence-corrected chi connectivity index (χ1v) is 5.74. The predicted molar refractivity (Wildman–Crippen MR) is 68.2 cm³/mol. The van der Waals surface area contributed by atoms with Gasteiger partial charge in [0.15, 0.2) is 0 Å². The summed E-state index contributed by atoms with van der Waals surface area (Å²) in [5, 5.41) is 16.9. The minimum absolute atomic E-state index is 0.0243. The molecular weight excluding hydrogens is 250 g/mol. The number of H-pyrrole nitrogens is 1. The Bertz CT molecular complexity index is 629. The van der Waals surface area contributed by atoms with Crippen molar-refractivity contribution in [1.82, 2.24) is 14.8 Å². The number of hydrogen-bond donors (Lipinski definition) is 2. The first kappa shape index (κ1) is 13.0. The normalized spacial score (nSPS) is 10.6. The summed E-state index contributed by atoms with van der Waals surface area (Å²) < 4.78 is 1.39. The maximum absolute atomic E-state index is 11.7. The Balaban J connectivity index is 2.38. The standard InChI is InChI=1S/C11H13N5O3/c12-7-1-2-10-13-14-11(17)15(10)8-3-5-9(6-4-8)16(18)19/h3-6H,1-2,7,12H2,(H,14,17). The highest BCUT2D eigenvalue weighted by atomic mass is 16.6. The Kier molecular flexibility index (Phi) is 3.71. The van der Waals surface area contributed by atoms with Gasteiger partial charge in [-0.25, -0.2) is 14.5 Å². The van der Waals surface area contributed by atoms with Crippen LogP contribution in [0.2, 0.25) is 0 Å². The lowest BCUT2D eigenvalue weighted by molar-refractivity contribution is -0.384. The van der Waals surface area contributed by atoms with Crippen molar-refractivity contribution in [3.8, 4) is 5.69 Å². The Labute approximate surface area is 108 Å². The van der Waals surface area contributed by atoms with E-state index in [4.69, 9.17) is 5.73 Å². The van der Waals surface area contributed by atoms with E-state index < -0.39 is 4.92 Å². The van der Waals surface area contributed by atoms with Crippen LogP contribution in [0.15, 0.2) is 29.1 Å². The number of nitrogens with zero attached hydrogens (tertiary/aromatic N) is 3. The van der Waals surface area contributed by atoms with Crippen molar-refractivity contribution in [3.05, 3.63) is 50.7 Å². The van der Waals surface area contributed by atoms with Gasteiger partial charge < -0.3 is 5.73 Å². The van der Waals surface area contributed by atoms with Gasteiger partial charge in [-0.1, -0.05) is 0 Å². The largest absolute Gasteiger partial charge is 0.347 e. The minimum Gasteiger partial charge on any atom is -0.330 e. The third-order valence-corrected chi connectivity index (χ3v) is 2.67. The van der Waals surface area contributed by atoms with Crippen LogP contribution in [0.4, 0.5) is 5.69 Å². The molecule has 0 saturated carbocycles. The fraction of sp³-hybridized carbons (Fsp3) is 0.273. The number of nitrogens with one attached hydrogen (secondary N) is 1. The van der Waals surface area contributed by atoms with E-state index in [1.54, 1.807) is 0 Å². The summed E-state index contributed by atoms with van der Waals surface area (Å²) >= 11 is 0. The fourth-order valence-electron chi connectivity index (χ4n) is 1.75. The van der Waals surface area contributed by atoms with Gasteiger partial charge in [0.05, 0.1) is 10.6 Å². The second-order valence-electron chi connectivity index (χ2n) is 3.95. The van der Waals surface area contributed by atoms with E-state index in [1.165, 1.54) is 28.8 Å². The van der Waals surface area contributed by atoms with Gasteiger partial charge in [-0.3, -0.25) is 10.1 Å². The van der Waals surface area contributed by atoms with Crippen LogP contribution in [0.3, 0.4) is 0 Å². The lowest BCUT2D eigenvalue weighted by atomic mass is 10.2. The van der Waals surface area contributed by atoms with E-state index in [2.05, 4.69) is 10.2 Å². The van der Waals surface area contributed by atoms with Crippen LogP contribution in [0.25, 0.3) is 5.69 Å². The molecule has 2 rings (SSSR count). The molecule has 2 aromatic rings. The van der Waals surface area contributed by atoms with Crippen molar-refractivity contribution in [1.29, 1.82) is 0 Å². The number of aryl methyl sites for hydroxylation is 1. The molecule has 1 heterocycles. The van der Waals surface area contributed by atoms with Crippen LogP contribution in [-0.4, -0.2) is 26.2 Å². The molecule has 0 amide bonds. The van der Waals surface area contributed by atoms with Gasteiger partial charge in [-0.05, 0) is 25.1 Å². The summed E-state index contributed by atoms with van der Waals surface area (Å²) in [5.41, 5.74) is 5.56. The molecule has 0 aliphatic heterocycles. The summed E-state index contributed by atoms with van der Waals surface area (Å²) in [7, 11) is 0. The molecule has 0 aliphatic rings. The van der Waals surface area contributed by atoms with Gasteiger partial charge in [0.25, 0.3) is 5.69 Å². The zero-order chi connectivity index (χ0) is 13.8. The van der Waals surface area contributed by atoms with Crippen LogP contribution in [0, 0.1) is 10.1 Å².